The van der Waals surface area contributed by atoms with Crippen molar-refractivity contribution < 1.29 is 8.42 Å². The molecule has 0 bridgehead atoms. The van der Waals surface area contributed by atoms with Gasteiger partial charge in [-0.2, -0.15) is 4.31 Å². The molecule has 4 nitrogen and oxygen atoms in total. The Labute approximate surface area is 128 Å². The highest BCUT2D eigenvalue weighted by atomic mass is 32.2. The van der Waals surface area contributed by atoms with Crippen molar-refractivity contribution in [2.75, 3.05) is 13.6 Å². The average Bonchev–Trinajstić information content (AvgIpc) is 2.39. The fraction of sp³-hybridized carbons (Fsp3) is 0.625. The van der Waals surface area contributed by atoms with Crippen LogP contribution in [0.4, 0.5) is 0 Å². The molecule has 1 fully saturated rings. The van der Waals surface area contributed by atoms with E-state index in [1.165, 1.54) is 0 Å². The Morgan fingerprint density at radius 1 is 1.33 bits per heavy atom. The van der Waals surface area contributed by atoms with Crippen LogP contribution >= 0.6 is 0 Å². The molecule has 0 aromatic heterocycles. The van der Waals surface area contributed by atoms with Crippen molar-refractivity contribution in [3.8, 4) is 0 Å². The largest absolute Gasteiger partial charge is 0.313 e. The number of nitrogens with one attached hydrogen (secondary N) is 1. The quantitative estimate of drug-likeness (QED) is 0.788. The summed E-state index contributed by atoms with van der Waals surface area (Å²) in [7, 11) is -1.66. The Hall–Kier alpha value is -0.910. The maximum atomic E-state index is 12.7. The molecule has 0 radical (unpaired) electrons. The van der Waals surface area contributed by atoms with Crippen LogP contribution in [0.25, 0.3) is 0 Å². The predicted octanol–water partition coefficient (Wildman–Crippen LogP) is 2.67. The van der Waals surface area contributed by atoms with Crippen molar-refractivity contribution in [2.24, 2.45) is 0 Å². The summed E-state index contributed by atoms with van der Waals surface area (Å²) in [6.45, 7) is 5.80. The summed E-state index contributed by atoms with van der Waals surface area (Å²) in [5, 5.41) is 3.34. The maximum Gasteiger partial charge on any atom is 0.243 e. The normalized spacial score (nSPS) is 16.2. The molecule has 1 aliphatic carbocycles. The molecule has 0 aliphatic heterocycles. The van der Waals surface area contributed by atoms with Crippen LogP contribution in [-0.2, 0) is 16.6 Å². The zero-order valence-electron chi connectivity index (χ0n) is 13.2. The van der Waals surface area contributed by atoms with Crippen LogP contribution < -0.4 is 5.32 Å². The standard InChI is InChI=1S/C16H26N2O2S/c1-4-10-17-12-14-11-16(9-8-13(14)2)21(19,20)18(3)15-6-5-7-15/h8-9,11,15,17H,4-7,10,12H2,1-3H3. The SMILES string of the molecule is CCCNCc1cc(S(=O)(=O)N(C)C2CCC2)ccc1C. The van der Waals surface area contributed by atoms with Gasteiger partial charge in [0.1, 0.15) is 0 Å². The van der Waals surface area contributed by atoms with Crippen molar-refractivity contribution in [1.82, 2.24) is 9.62 Å². The van der Waals surface area contributed by atoms with E-state index in [2.05, 4.69) is 12.2 Å². The molecular formula is C16H26N2O2S. The van der Waals surface area contributed by atoms with Gasteiger partial charge in [0, 0.05) is 19.6 Å². The Balaban J connectivity index is 2.20. The third kappa shape index (κ3) is 3.65. The van der Waals surface area contributed by atoms with E-state index >= 15 is 0 Å². The molecule has 0 unspecified atom stereocenters. The van der Waals surface area contributed by atoms with E-state index in [-0.39, 0.29) is 6.04 Å². The molecule has 0 saturated heterocycles. The molecule has 1 aromatic carbocycles. The van der Waals surface area contributed by atoms with Crippen LogP contribution in [0, 0.1) is 6.92 Å². The molecule has 1 saturated carbocycles. The van der Waals surface area contributed by atoms with E-state index in [1.54, 1.807) is 17.4 Å². The highest BCUT2D eigenvalue weighted by molar-refractivity contribution is 7.89. The van der Waals surface area contributed by atoms with Gasteiger partial charge in [-0.1, -0.05) is 19.4 Å². The number of nitrogens with zero attached hydrogens (tertiary/aromatic N) is 1. The summed E-state index contributed by atoms with van der Waals surface area (Å²) in [6, 6.07) is 5.63. The molecule has 0 amide bonds. The third-order valence-electron chi connectivity index (χ3n) is 4.33. The van der Waals surface area contributed by atoms with Crippen molar-refractivity contribution in [2.45, 2.75) is 57.0 Å². The highest BCUT2D eigenvalue weighted by Crippen LogP contribution is 2.29. The fourth-order valence-corrected chi connectivity index (χ4v) is 3.98. The number of sulfonamides is 1. The molecule has 0 atom stereocenters. The summed E-state index contributed by atoms with van der Waals surface area (Å²) in [6.07, 6.45) is 4.16. The second-order valence-corrected chi connectivity index (χ2v) is 7.87. The molecule has 21 heavy (non-hydrogen) atoms. The summed E-state index contributed by atoms with van der Waals surface area (Å²) < 4.78 is 26.9. The van der Waals surface area contributed by atoms with Gasteiger partial charge < -0.3 is 5.32 Å². The lowest BCUT2D eigenvalue weighted by Crippen LogP contribution is -2.41. The molecule has 1 aromatic rings. The van der Waals surface area contributed by atoms with Crippen LogP contribution in [0.5, 0.6) is 0 Å². The second kappa shape index (κ2) is 6.90. The van der Waals surface area contributed by atoms with Crippen LogP contribution in [-0.4, -0.2) is 32.4 Å². The lowest BCUT2D eigenvalue weighted by Gasteiger charge is -2.33. The summed E-state index contributed by atoms with van der Waals surface area (Å²) in [5.74, 6) is 0. The van der Waals surface area contributed by atoms with E-state index in [9.17, 15) is 8.42 Å². The second-order valence-electron chi connectivity index (χ2n) is 5.87. The Morgan fingerprint density at radius 3 is 2.62 bits per heavy atom. The first kappa shape index (κ1) is 16.5. The Morgan fingerprint density at radius 2 is 2.05 bits per heavy atom. The summed E-state index contributed by atoms with van der Waals surface area (Å²) >= 11 is 0. The minimum Gasteiger partial charge on any atom is -0.313 e. The van der Waals surface area contributed by atoms with E-state index in [4.69, 9.17) is 0 Å². The van der Waals surface area contributed by atoms with Crippen molar-refractivity contribution in [3.63, 3.8) is 0 Å². The third-order valence-corrected chi connectivity index (χ3v) is 6.23. The van der Waals surface area contributed by atoms with Gasteiger partial charge in [0.15, 0.2) is 0 Å². The zero-order chi connectivity index (χ0) is 15.5. The molecular weight excluding hydrogens is 284 g/mol. The van der Waals surface area contributed by atoms with E-state index in [0.717, 1.165) is 49.9 Å². The van der Waals surface area contributed by atoms with E-state index in [1.807, 2.05) is 19.1 Å². The van der Waals surface area contributed by atoms with Crippen molar-refractivity contribution in [1.29, 1.82) is 0 Å². The molecule has 5 heteroatoms. The molecule has 0 spiro atoms. The Bertz CT molecular complexity index is 580. The van der Waals surface area contributed by atoms with Gasteiger partial charge in [-0.25, -0.2) is 8.42 Å². The number of benzene rings is 1. The topological polar surface area (TPSA) is 49.4 Å². The van der Waals surface area contributed by atoms with Crippen LogP contribution in [0.1, 0.15) is 43.7 Å². The fourth-order valence-electron chi connectivity index (χ4n) is 2.51. The molecule has 1 aliphatic rings. The highest BCUT2D eigenvalue weighted by Gasteiger charge is 2.31. The lowest BCUT2D eigenvalue weighted by molar-refractivity contribution is 0.249. The number of rotatable bonds is 7. The van der Waals surface area contributed by atoms with Crippen LogP contribution in [0.2, 0.25) is 0 Å². The van der Waals surface area contributed by atoms with Crippen molar-refractivity contribution >= 4 is 10.0 Å². The number of hydrogen-bond acceptors (Lipinski definition) is 3. The first-order chi connectivity index (χ1) is 9.96. The molecule has 0 heterocycles. The maximum absolute atomic E-state index is 12.7. The number of hydrogen-bond donors (Lipinski definition) is 1. The first-order valence-electron chi connectivity index (χ1n) is 7.75. The lowest BCUT2D eigenvalue weighted by atomic mass is 9.94. The predicted molar refractivity (Wildman–Crippen MR) is 85.8 cm³/mol. The average molecular weight is 310 g/mol. The van der Waals surface area contributed by atoms with Gasteiger partial charge in [0.05, 0.1) is 4.90 Å². The molecule has 2 rings (SSSR count). The van der Waals surface area contributed by atoms with Gasteiger partial charge in [0.25, 0.3) is 0 Å². The minimum absolute atomic E-state index is 0.179. The molecule has 118 valence electrons. The van der Waals surface area contributed by atoms with E-state index in [0.29, 0.717) is 4.90 Å². The van der Waals surface area contributed by atoms with Gasteiger partial charge in [0.2, 0.25) is 10.0 Å². The van der Waals surface area contributed by atoms with Crippen molar-refractivity contribution in [3.05, 3.63) is 29.3 Å². The van der Waals surface area contributed by atoms with Gasteiger partial charge in [-0.05, 0) is 56.0 Å². The van der Waals surface area contributed by atoms with E-state index < -0.39 is 10.0 Å². The zero-order valence-corrected chi connectivity index (χ0v) is 14.0. The smallest absolute Gasteiger partial charge is 0.243 e. The minimum atomic E-state index is -3.36. The number of aryl methyl sites for hydroxylation is 1. The van der Waals surface area contributed by atoms with Crippen LogP contribution in [0.15, 0.2) is 23.1 Å². The van der Waals surface area contributed by atoms with Gasteiger partial charge in [-0.15, -0.1) is 0 Å². The van der Waals surface area contributed by atoms with Gasteiger partial charge in [-0.3, -0.25) is 0 Å². The summed E-state index contributed by atoms with van der Waals surface area (Å²) in [5.41, 5.74) is 2.19. The molecule has 1 N–H and O–H groups in total. The monoisotopic (exact) mass is 310 g/mol. The Kier molecular flexibility index (Phi) is 5.41. The summed E-state index contributed by atoms with van der Waals surface area (Å²) in [4.78, 5) is 0.413. The van der Waals surface area contributed by atoms with Crippen LogP contribution in [0.3, 0.4) is 0 Å². The first-order valence-corrected chi connectivity index (χ1v) is 9.19. The van der Waals surface area contributed by atoms with Gasteiger partial charge >= 0.3 is 0 Å².